The SMILES string of the molecule is CC1=CCC2=C1C=CC2. The first kappa shape index (κ1) is 5.04. The van der Waals surface area contributed by atoms with E-state index < -0.39 is 0 Å². The number of hydrogen-bond acceptors (Lipinski definition) is 0. The second-order valence-corrected chi connectivity index (χ2v) is 2.71. The number of rotatable bonds is 0. The average molecular weight is 118 g/mol. The molecule has 0 aromatic heterocycles. The van der Waals surface area contributed by atoms with Gasteiger partial charge in [0.2, 0.25) is 0 Å². The van der Waals surface area contributed by atoms with Crippen molar-refractivity contribution in [1.29, 1.82) is 0 Å². The van der Waals surface area contributed by atoms with Crippen molar-refractivity contribution in [1.82, 2.24) is 0 Å². The molecule has 0 saturated carbocycles. The summed E-state index contributed by atoms with van der Waals surface area (Å²) in [7, 11) is 0. The minimum Gasteiger partial charge on any atom is -0.0798 e. The van der Waals surface area contributed by atoms with Crippen molar-refractivity contribution in [3.05, 3.63) is 34.9 Å². The Hall–Kier alpha value is -0.780. The molecule has 9 heavy (non-hydrogen) atoms. The van der Waals surface area contributed by atoms with E-state index in [0.29, 0.717) is 0 Å². The fourth-order valence-corrected chi connectivity index (χ4v) is 1.54. The van der Waals surface area contributed by atoms with Gasteiger partial charge in [0.1, 0.15) is 0 Å². The summed E-state index contributed by atoms with van der Waals surface area (Å²) in [5, 5.41) is 0. The molecule has 0 amide bonds. The van der Waals surface area contributed by atoms with Crippen molar-refractivity contribution in [2.45, 2.75) is 19.8 Å². The van der Waals surface area contributed by atoms with Gasteiger partial charge >= 0.3 is 0 Å². The Morgan fingerprint density at radius 1 is 1.33 bits per heavy atom. The first-order valence-electron chi connectivity index (χ1n) is 3.43. The predicted molar refractivity (Wildman–Crippen MR) is 39.2 cm³/mol. The van der Waals surface area contributed by atoms with Gasteiger partial charge in [-0.15, -0.1) is 0 Å². The molecule has 46 valence electrons. The Balaban J connectivity index is 2.44. The van der Waals surface area contributed by atoms with Crippen molar-refractivity contribution in [2.75, 3.05) is 0 Å². The van der Waals surface area contributed by atoms with Gasteiger partial charge in [0.05, 0.1) is 0 Å². The lowest BCUT2D eigenvalue weighted by Crippen LogP contribution is -1.73. The topological polar surface area (TPSA) is 0 Å². The molecule has 0 N–H and O–H groups in total. The molecule has 0 unspecified atom stereocenters. The first-order valence-corrected chi connectivity index (χ1v) is 3.43. The lowest BCUT2D eigenvalue weighted by molar-refractivity contribution is 1.15. The molecule has 0 aromatic rings. The summed E-state index contributed by atoms with van der Waals surface area (Å²) in [4.78, 5) is 0. The van der Waals surface area contributed by atoms with Crippen LogP contribution in [0.5, 0.6) is 0 Å². The Morgan fingerprint density at radius 3 is 3.00 bits per heavy atom. The zero-order valence-electron chi connectivity index (χ0n) is 5.65. The fourth-order valence-electron chi connectivity index (χ4n) is 1.54. The highest BCUT2D eigenvalue weighted by Gasteiger charge is 2.13. The normalized spacial score (nSPS) is 23.0. The predicted octanol–water partition coefficient (Wildman–Crippen LogP) is 2.59. The van der Waals surface area contributed by atoms with Gasteiger partial charge < -0.3 is 0 Å². The van der Waals surface area contributed by atoms with Crippen molar-refractivity contribution in [3.63, 3.8) is 0 Å². The van der Waals surface area contributed by atoms with E-state index in [1.54, 1.807) is 5.57 Å². The van der Waals surface area contributed by atoms with Crippen LogP contribution in [0.15, 0.2) is 34.9 Å². The summed E-state index contributed by atoms with van der Waals surface area (Å²) in [6.45, 7) is 2.19. The van der Waals surface area contributed by atoms with E-state index in [-0.39, 0.29) is 0 Å². The Bertz CT molecular complexity index is 226. The molecule has 0 spiro atoms. The Labute approximate surface area is 55.6 Å². The maximum atomic E-state index is 2.31. The molecule has 0 aliphatic heterocycles. The first-order chi connectivity index (χ1) is 4.38. The molecule has 0 heterocycles. The summed E-state index contributed by atoms with van der Waals surface area (Å²) in [5.74, 6) is 0. The molecular formula is C9H10. The van der Waals surface area contributed by atoms with Crippen molar-refractivity contribution >= 4 is 0 Å². The monoisotopic (exact) mass is 118 g/mol. The summed E-state index contributed by atoms with van der Waals surface area (Å²) >= 11 is 0. The summed E-state index contributed by atoms with van der Waals surface area (Å²) in [6, 6.07) is 0. The van der Waals surface area contributed by atoms with Crippen LogP contribution in [-0.2, 0) is 0 Å². The quantitative estimate of drug-likeness (QED) is 0.458. The highest BCUT2D eigenvalue weighted by Crippen LogP contribution is 2.33. The van der Waals surface area contributed by atoms with Gasteiger partial charge in [-0.2, -0.15) is 0 Å². The van der Waals surface area contributed by atoms with Crippen LogP contribution in [0.4, 0.5) is 0 Å². The van der Waals surface area contributed by atoms with Gasteiger partial charge in [-0.05, 0) is 30.9 Å². The van der Waals surface area contributed by atoms with E-state index in [2.05, 4.69) is 25.2 Å². The van der Waals surface area contributed by atoms with Crippen LogP contribution >= 0.6 is 0 Å². The molecular weight excluding hydrogens is 108 g/mol. The zero-order chi connectivity index (χ0) is 6.27. The molecule has 2 rings (SSSR count). The molecule has 2 aliphatic rings. The van der Waals surface area contributed by atoms with Gasteiger partial charge in [0, 0.05) is 0 Å². The van der Waals surface area contributed by atoms with Gasteiger partial charge in [0.15, 0.2) is 0 Å². The van der Waals surface area contributed by atoms with E-state index in [1.165, 1.54) is 24.0 Å². The third-order valence-electron chi connectivity index (χ3n) is 2.11. The third kappa shape index (κ3) is 0.593. The van der Waals surface area contributed by atoms with E-state index in [9.17, 15) is 0 Å². The van der Waals surface area contributed by atoms with Crippen molar-refractivity contribution < 1.29 is 0 Å². The molecule has 0 fully saturated rings. The fraction of sp³-hybridized carbons (Fsp3) is 0.333. The molecule has 2 aliphatic carbocycles. The molecule has 0 radical (unpaired) electrons. The molecule has 0 atom stereocenters. The van der Waals surface area contributed by atoms with Gasteiger partial charge in [0.25, 0.3) is 0 Å². The Kier molecular flexibility index (Phi) is 0.895. The largest absolute Gasteiger partial charge is 0.0798 e. The van der Waals surface area contributed by atoms with Gasteiger partial charge in [-0.25, -0.2) is 0 Å². The third-order valence-corrected chi connectivity index (χ3v) is 2.11. The smallest absolute Gasteiger partial charge is 0.0121 e. The lowest BCUT2D eigenvalue weighted by atomic mass is 10.1. The van der Waals surface area contributed by atoms with Crippen LogP contribution in [0.1, 0.15) is 19.8 Å². The minimum atomic E-state index is 1.20. The van der Waals surface area contributed by atoms with Crippen molar-refractivity contribution in [3.8, 4) is 0 Å². The second kappa shape index (κ2) is 1.60. The Morgan fingerprint density at radius 2 is 2.22 bits per heavy atom. The van der Waals surface area contributed by atoms with Crippen LogP contribution in [0.3, 0.4) is 0 Å². The zero-order valence-corrected chi connectivity index (χ0v) is 5.65. The number of hydrogen-bond donors (Lipinski definition) is 0. The highest BCUT2D eigenvalue weighted by atomic mass is 14.2. The maximum Gasteiger partial charge on any atom is -0.0121 e. The molecule has 0 aromatic carbocycles. The molecule has 0 nitrogen and oxygen atoms in total. The molecule has 0 bridgehead atoms. The average Bonchev–Trinajstić information content (AvgIpc) is 2.35. The lowest BCUT2D eigenvalue weighted by Gasteiger charge is -1.92. The van der Waals surface area contributed by atoms with Gasteiger partial charge in [-0.1, -0.05) is 23.8 Å². The molecule has 0 saturated heterocycles. The van der Waals surface area contributed by atoms with Crippen LogP contribution in [-0.4, -0.2) is 0 Å². The maximum absolute atomic E-state index is 2.31. The summed E-state index contributed by atoms with van der Waals surface area (Å²) < 4.78 is 0. The van der Waals surface area contributed by atoms with Crippen LogP contribution in [0.2, 0.25) is 0 Å². The second-order valence-electron chi connectivity index (χ2n) is 2.71. The summed E-state index contributed by atoms with van der Waals surface area (Å²) in [6.07, 6.45) is 9.21. The van der Waals surface area contributed by atoms with E-state index >= 15 is 0 Å². The van der Waals surface area contributed by atoms with Crippen LogP contribution in [0.25, 0.3) is 0 Å². The van der Waals surface area contributed by atoms with Crippen LogP contribution < -0.4 is 0 Å². The number of allylic oxidation sites excluding steroid dienone is 6. The molecule has 0 heteroatoms. The van der Waals surface area contributed by atoms with Crippen molar-refractivity contribution in [2.24, 2.45) is 0 Å². The van der Waals surface area contributed by atoms with E-state index in [1.807, 2.05) is 0 Å². The highest BCUT2D eigenvalue weighted by molar-refractivity contribution is 5.52. The minimum absolute atomic E-state index is 1.20. The standard InChI is InChI=1S/C9H10/c1-7-5-6-8-3-2-4-9(7)8/h2,4-5H,3,6H2,1H3. The van der Waals surface area contributed by atoms with Gasteiger partial charge in [-0.3, -0.25) is 0 Å². The summed E-state index contributed by atoms with van der Waals surface area (Å²) in [5.41, 5.74) is 4.60. The van der Waals surface area contributed by atoms with E-state index in [0.717, 1.165) is 0 Å². The van der Waals surface area contributed by atoms with Crippen LogP contribution in [0, 0.1) is 0 Å². The van der Waals surface area contributed by atoms with E-state index in [4.69, 9.17) is 0 Å².